The van der Waals surface area contributed by atoms with E-state index in [2.05, 4.69) is 5.32 Å². The first-order valence-corrected chi connectivity index (χ1v) is 6.71. The Morgan fingerprint density at radius 2 is 1.95 bits per heavy atom. The Balaban J connectivity index is 2.28. The summed E-state index contributed by atoms with van der Waals surface area (Å²) in [6.07, 6.45) is -0.653. The number of aliphatic hydroxyl groups excluding tert-OH is 1. The normalized spacial score (nSPS) is 12.0. The second-order valence-electron chi connectivity index (χ2n) is 4.70. The lowest BCUT2D eigenvalue weighted by molar-refractivity contribution is 0.102. The van der Waals surface area contributed by atoms with E-state index in [1.165, 1.54) is 0 Å². The van der Waals surface area contributed by atoms with Crippen molar-refractivity contribution >= 4 is 23.2 Å². The van der Waals surface area contributed by atoms with Gasteiger partial charge in [0.25, 0.3) is 5.91 Å². The Morgan fingerprint density at radius 1 is 1.25 bits per heavy atom. The highest BCUT2D eigenvalue weighted by Crippen LogP contribution is 2.24. The SMILES string of the molecule is Cc1ccc(C(=O)Nc2ccccc2C(C)O)c(Cl)c1. The van der Waals surface area contributed by atoms with Crippen LogP contribution in [0.2, 0.25) is 5.02 Å². The molecule has 0 saturated carbocycles. The summed E-state index contributed by atoms with van der Waals surface area (Å²) in [5.41, 5.74) is 2.67. The van der Waals surface area contributed by atoms with Gasteiger partial charge in [-0.05, 0) is 37.6 Å². The summed E-state index contributed by atoms with van der Waals surface area (Å²) in [6, 6.07) is 12.4. The van der Waals surface area contributed by atoms with Gasteiger partial charge in [0, 0.05) is 11.3 Å². The fourth-order valence-electron chi connectivity index (χ4n) is 1.97. The molecular weight excluding hydrogens is 274 g/mol. The highest BCUT2D eigenvalue weighted by atomic mass is 35.5. The third kappa shape index (κ3) is 3.18. The van der Waals surface area contributed by atoms with Gasteiger partial charge in [-0.2, -0.15) is 0 Å². The number of hydrogen-bond donors (Lipinski definition) is 2. The molecule has 104 valence electrons. The zero-order valence-electron chi connectivity index (χ0n) is 11.4. The molecule has 1 amide bonds. The van der Waals surface area contributed by atoms with Crippen LogP contribution in [0, 0.1) is 6.92 Å². The van der Waals surface area contributed by atoms with Gasteiger partial charge in [-0.15, -0.1) is 0 Å². The van der Waals surface area contributed by atoms with Crippen LogP contribution in [0.4, 0.5) is 5.69 Å². The third-order valence-corrected chi connectivity index (χ3v) is 3.34. The van der Waals surface area contributed by atoms with Gasteiger partial charge in [-0.1, -0.05) is 35.9 Å². The average molecular weight is 290 g/mol. The molecule has 0 aliphatic rings. The van der Waals surface area contributed by atoms with E-state index in [-0.39, 0.29) is 5.91 Å². The number of benzene rings is 2. The van der Waals surface area contributed by atoms with Crippen molar-refractivity contribution in [2.24, 2.45) is 0 Å². The number of amides is 1. The van der Waals surface area contributed by atoms with Crippen molar-refractivity contribution in [3.8, 4) is 0 Å². The molecule has 0 aliphatic carbocycles. The fourth-order valence-corrected chi connectivity index (χ4v) is 2.29. The van der Waals surface area contributed by atoms with Crippen molar-refractivity contribution in [1.82, 2.24) is 0 Å². The molecule has 1 atom stereocenters. The van der Waals surface area contributed by atoms with Gasteiger partial charge < -0.3 is 10.4 Å². The molecule has 0 aromatic heterocycles. The number of aliphatic hydroxyl groups is 1. The first-order valence-electron chi connectivity index (χ1n) is 6.33. The number of halogens is 1. The molecule has 2 N–H and O–H groups in total. The van der Waals surface area contributed by atoms with Crippen molar-refractivity contribution in [2.75, 3.05) is 5.32 Å². The molecule has 2 aromatic rings. The summed E-state index contributed by atoms with van der Waals surface area (Å²) in [6.45, 7) is 3.57. The summed E-state index contributed by atoms with van der Waals surface area (Å²) in [7, 11) is 0. The number of carbonyl (C=O) groups is 1. The van der Waals surface area contributed by atoms with Crippen molar-refractivity contribution in [1.29, 1.82) is 0 Å². The molecule has 0 aliphatic heterocycles. The molecular formula is C16H16ClNO2. The summed E-state index contributed by atoms with van der Waals surface area (Å²) in [5.74, 6) is -0.289. The average Bonchev–Trinajstić information content (AvgIpc) is 2.38. The first-order chi connectivity index (χ1) is 9.49. The molecule has 2 aromatic carbocycles. The number of nitrogens with one attached hydrogen (secondary N) is 1. The van der Waals surface area contributed by atoms with E-state index >= 15 is 0 Å². The largest absolute Gasteiger partial charge is 0.389 e. The zero-order chi connectivity index (χ0) is 14.7. The topological polar surface area (TPSA) is 49.3 Å². The molecule has 0 spiro atoms. The number of carbonyl (C=O) groups excluding carboxylic acids is 1. The lowest BCUT2D eigenvalue weighted by Gasteiger charge is -2.13. The first kappa shape index (κ1) is 14.6. The maximum absolute atomic E-state index is 12.2. The van der Waals surface area contributed by atoms with E-state index in [0.717, 1.165) is 5.56 Å². The maximum atomic E-state index is 12.2. The molecule has 0 radical (unpaired) electrons. The van der Waals surface area contributed by atoms with Gasteiger partial charge in [0.2, 0.25) is 0 Å². The number of aryl methyl sites for hydroxylation is 1. The Bertz CT molecular complexity index is 638. The van der Waals surface area contributed by atoms with Crippen molar-refractivity contribution < 1.29 is 9.90 Å². The van der Waals surface area contributed by atoms with E-state index in [4.69, 9.17) is 11.6 Å². The Kier molecular flexibility index (Phi) is 4.42. The Morgan fingerprint density at radius 3 is 2.60 bits per heavy atom. The highest BCUT2D eigenvalue weighted by molar-refractivity contribution is 6.34. The van der Waals surface area contributed by atoms with Crippen LogP contribution in [-0.4, -0.2) is 11.0 Å². The van der Waals surface area contributed by atoms with Gasteiger partial charge in [-0.3, -0.25) is 4.79 Å². The quantitative estimate of drug-likeness (QED) is 0.899. The van der Waals surface area contributed by atoms with Gasteiger partial charge in [0.1, 0.15) is 0 Å². The molecule has 4 heteroatoms. The highest BCUT2D eigenvalue weighted by Gasteiger charge is 2.13. The molecule has 0 fully saturated rings. The number of hydrogen-bond acceptors (Lipinski definition) is 2. The van der Waals surface area contributed by atoms with Gasteiger partial charge in [0.05, 0.1) is 16.7 Å². The fraction of sp³-hybridized carbons (Fsp3) is 0.188. The van der Waals surface area contributed by atoms with E-state index < -0.39 is 6.10 Å². The summed E-state index contributed by atoms with van der Waals surface area (Å²) in [4.78, 5) is 12.2. The van der Waals surface area contributed by atoms with E-state index in [1.54, 1.807) is 37.3 Å². The van der Waals surface area contributed by atoms with Crippen LogP contribution in [0.3, 0.4) is 0 Å². The maximum Gasteiger partial charge on any atom is 0.257 e. The minimum Gasteiger partial charge on any atom is -0.389 e. The molecule has 2 rings (SSSR count). The zero-order valence-corrected chi connectivity index (χ0v) is 12.1. The van der Waals surface area contributed by atoms with Crippen LogP contribution in [0.25, 0.3) is 0 Å². The van der Waals surface area contributed by atoms with Crippen LogP contribution >= 0.6 is 11.6 Å². The second-order valence-corrected chi connectivity index (χ2v) is 5.11. The molecule has 1 unspecified atom stereocenters. The van der Waals surface area contributed by atoms with Crippen LogP contribution in [-0.2, 0) is 0 Å². The van der Waals surface area contributed by atoms with Crippen molar-refractivity contribution in [3.63, 3.8) is 0 Å². The van der Waals surface area contributed by atoms with Gasteiger partial charge in [-0.25, -0.2) is 0 Å². The van der Waals surface area contributed by atoms with E-state index in [0.29, 0.717) is 21.8 Å². The number of rotatable bonds is 3. The standard InChI is InChI=1S/C16H16ClNO2/c1-10-7-8-13(14(17)9-10)16(20)18-15-6-4-3-5-12(15)11(2)19/h3-9,11,19H,1-2H3,(H,18,20). The van der Waals surface area contributed by atoms with Crippen molar-refractivity contribution in [2.45, 2.75) is 20.0 Å². The monoisotopic (exact) mass is 289 g/mol. The summed E-state index contributed by atoms with van der Waals surface area (Å²) >= 11 is 6.08. The van der Waals surface area contributed by atoms with E-state index in [9.17, 15) is 9.90 Å². The second kappa shape index (κ2) is 6.07. The van der Waals surface area contributed by atoms with Crippen LogP contribution in [0.5, 0.6) is 0 Å². The van der Waals surface area contributed by atoms with Gasteiger partial charge >= 0.3 is 0 Å². The third-order valence-electron chi connectivity index (χ3n) is 3.03. The lowest BCUT2D eigenvalue weighted by atomic mass is 10.1. The smallest absolute Gasteiger partial charge is 0.257 e. The molecule has 0 bridgehead atoms. The minimum absolute atomic E-state index is 0.289. The summed E-state index contributed by atoms with van der Waals surface area (Å²) < 4.78 is 0. The number of anilines is 1. The minimum atomic E-state index is -0.653. The molecule has 3 nitrogen and oxygen atoms in total. The predicted molar refractivity (Wildman–Crippen MR) is 81.2 cm³/mol. The van der Waals surface area contributed by atoms with Crippen molar-refractivity contribution in [3.05, 3.63) is 64.2 Å². The summed E-state index contributed by atoms with van der Waals surface area (Å²) in [5, 5.41) is 12.9. The molecule has 0 heterocycles. The molecule has 0 saturated heterocycles. The van der Waals surface area contributed by atoms with Crippen LogP contribution < -0.4 is 5.32 Å². The lowest BCUT2D eigenvalue weighted by Crippen LogP contribution is -2.14. The predicted octanol–water partition coefficient (Wildman–Crippen LogP) is 3.95. The van der Waals surface area contributed by atoms with Gasteiger partial charge in [0.15, 0.2) is 0 Å². The van der Waals surface area contributed by atoms with E-state index in [1.807, 2.05) is 19.1 Å². The molecule has 20 heavy (non-hydrogen) atoms. The Hall–Kier alpha value is -1.84. The Labute approximate surface area is 123 Å². The van der Waals surface area contributed by atoms with Crippen LogP contribution in [0.1, 0.15) is 34.5 Å². The van der Waals surface area contributed by atoms with Crippen LogP contribution in [0.15, 0.2) is 42.5 Å². The number of para-hydroxylation sites is 1.